The SMILES string of the molecule is CCOc1ccc(Cl)c(C(=O)N2CCN(C(=O)c3ccco3)CC2)n1. The number of carbonyl (C=O) groups excluding carboxylic acids is 2. The number of piperazine rings is 1. The van der Waals surface area contributed by atoms with Gasteiger partial charge >= 0.3 is 0 Å². The summed E-state index contributed by atoms with van der Waals surface area (Å²) < 4.78 is 10.5. The van der Waals surface area contributed by atoms with E-state index in [4.69, 9.17) is 20.8 Å². The van der Waals surface area contributed by atoms with Gasteiger partial charge in [0.1, 0.15) is 0 Å². The fraction of sp³-hybridized carbons (Fsp3) is 0.353. The predicted octanol–water partition coefficient (Wildman–Crippen LogP) is 2.32. The van der Waals surface area contributed by atoms with E-state index >= 15 is 0 Å². The molecular formula is C17H18ClN3O4. The van der Waals surface area contributed by atoms with Crippen LogP contribution in [0.3, 0.4) is 0 Å². The third kappa shape index (κ3) is 3.76. The Labute approximate surface area is 150 Å². The van der Waals surface area contributed by atoms with Crippen molar-refractivity contribution in [3.63, 3.8) is 0 Å². The second-order valence-corrected chi connectivity index (χ2v) is 5.88. The summed E-state index contributed by atoms with van der Waals surface area (Å²) in [4.78, 5) is 32.4. The molecule has 1 saturated heterocycles. The average molecular weight is 364 g/mol. The standard InChI is InChI=1S/C17H18ClN3O4/c1-2-24-14-6-5-12(18)15(19-14)17(23)21-9-7-20(8-10-21)16(22)13-4-3-11-25-13/h3-6,11H,2,7-10H2,1H3. The van der Waals surface area contributed by atoms with Crippen molar-refractivity contribution < 1.29 is 18.7 Å². The van der Waals surface area contributed by atoms with Crippen molar-refractivity contribution in [1.29, 1.82) is 0 Å². The van der Waals surface area contributed by atoms with E-state index in [2.05, 4.69) is 4.98 Å². The summed E-state index contributed by atoms with van der Waals surface area (Å²) in [5.74, 6) is 0.221. The molecule has 1 fully saturated rings. The van der Waals surface area contributed by atoms with Crippen LogP contribution in [0, 0.1) is 0 Å². The third-order valence-electron chi connectivity index (χ3n) is 3.90. The Morgan fingerprint density at radius 1 is 1.16 bits per heavy atom. The van der Waals surface area contributed by atoms with Gasteiger partial charge in [-0.3, -0.25) is 9.59 Å². The van der Waals surface area contributed by atoms with Gasteiger partial charge < -0.3 is 19.0 Å². The molecule has 0 N–H and O–H groups in total. The van der Waals surface area contributed by atoms with Crippen molar-refractivity contribution in [2.45, 2.75) is 6.92 Å². The van der Waals surface area contributed by atoms with Crippen LogP contribution in [0.2, 0.25) is 5.02 Å². The van der Waals surface area contributed by atoms with Crippen molar-refractivity contribution >= 4 is 23.4 Å². The minimum Gasteiger partial charge on any atom is -0.478 e. The zero-order valence-electron chi connectivity index (χ0n) is 13.8. The van der Waals surface area contributed by atoms with Gasteiger partial charge in [0.05, 0.1) is 17.9 Å². The Morgan fingerprint density at radius 2 is 1.84 bits per heavy atom. The lowest BCUT2D eigenvalue weighted by molar-refractivity contribution is 0.0515. The molecule has 0 atom stereocenters. The van der Waals surface area contributed by atoms with E-state index < -0.39 is 0 Å². The molecule has 25 heavy (non-hydrogen) atoms. The molecule has 0 saturated carbocycles. The van der Waals surface area contributed by atoms with E-state index in [1.165, 1.54) is 6.26 Å². The lowest BCUT2D eigenvalue weighted by Gasteiger charge is -2.34. The van der Waals surface area contributed by atoms with Crippen LogP contribution in [0.4, 0.5) is 0 Å². The van der Waals surface area contributed by atoms with Crippen LogP contribution in [0.1, 0.15) is 28.0 Å². The fourth-order valence-corrected chi connectivity index (χ4v) is 2.81. The van der Waals surface area contributed by atoms with Crippen LogP contribution in [-0.2, 0) is 0 Å². The Morgan fingerprint density at radius 3 is 2.44 bits per heavy atom. The number of carbonyl (C=O) groups is 2. The first kappa shape index (κ1) is 17.3. The van der Waals surface area contributed by atoms with Crippen LogP contribution in [0.15, 0.2) is 34.9 Å². The molecule has 1 aliphatic rings. The molecule has 2 aromatic rings. The molecule has 0 aliphatic carbocycles. The number of hydrogen-bond acceptors (Lipinski definition) is 5. The Balaban J connectivity index is 1.65. The highest BCUT2D eigenvalue weighted by Crippen LogP contribution is 2.20. The number of ether oxygens (including phenoxy) is 1. The molecule has 0 spiro atoms. The maximum absolute atomic E-state index is 12.7. The molecule has 0 aromatic carbocycles. The van der Waals surface area contributed by atoms with Crippen molar-refractivity contribution in [2.24, 2.45) is 0 Å². The maximum atomic E-state index is 12.7. The first-order valence-corrected chi connectivity index (χ1v) is 8.39. The van der Waals surface area contributed by atoms with E-state index in [0.717, 1.165) is 0 Å². The quantitative estimate of drug-likeness (QED) is 0.833. The summed E-state index contributed by atoms with van der Waals surface area (Å²) in [6.45, 7) is 3.95. The van der Waals surface area contributed by atoms with Gasteiger partial charge in [0, 0.05) is 32.2 Å². The topological polar surface area (TPSA) is 75.9 Å². The number of aromatic nitrogens is 1. The van der Waals surface area contributed by atoms with Crippen molar-refractivity contribution in [3.05, 3.63) is 47.0 Å². The number of hydrogen-bond donors (Lipinski definition) is 0. The van der Waals surface area contributed by atoms with Gasteiger partial charge in [-0.15, -0.1) is 0 Å². The summed E-state index contributed by atoms with van der Waals surface area (Å²) in [6.07, 6.45) is 1.46. The number of amides is 2. The molecule has 7 nitrogen and oxygen atoms in total. The molecule has 3 heterocycles. The van der Waals surface area contributed by atoms with Crippen LogP contribution in [0.25, 0.3) is 0 Å². The predicted molar refractivity (Wildman–Crippen MR) is 90.9 cm³/mol. The minimum atomic E-state index is -0.267. The molecule has 0 radical (unpaired) electrons. The number of rotatable bonds is 4. The molecule has 0 bridgehead atoms. The van der Waals surface area contributed by atoms with Gasteiger partial charge in [-0.2, -0.15) is 0 Å². The summed E-state index contributed by atoms with van der Waals surface area (Å²) in [5, 5.41) is 0.280. The van der Waals surface area contributed by atoms with Crippen molar-refractivity contribution in [2.75, 3.05) is 32.8 Å². The lowest BCUT2D eigenvalue weighted by atomic mass is 10.2. The van der Waals surface area contributed by atoms with Gasteiger partial charge in [0.25, 0.3) is 11.8 Å². The summed E-state index contributed by atoms with van der Waals surface area (Å²) >= 11 is 6.11. The molecular weight excluding hydrogens is 346 g/mol. The number of pyridine rings is 1. The van der Waals surface area contributed by atoms with Crippen LogP contribution in [0.5, 0.6) is 5.88 Å². The van der Waals surface area contributed by atoms with E-state index in [-0.39, 0.29) is 22.5 Å². The summed E-state index contributed by atoms with van der Waals surface area (Å²) in [7, 11) is 0. The van der Waals surface area contributed by atoms with E-state index in [1.807, 2.05) is 6.92 Å². The Kier molecular flexibility index (Phi) is 5.23. The number of halogens is 1. The summed E-state index contributed by atoms with van der Waals surface area (Å²) in [5.41, 5.74) is 0.165. The highest BCUT2D eigenvalue weighted by atomic mass is 35.5. The summed E-state index contributed by atoms with van der Waals surface area (Å²) in [6, 6.07) is 6.53. The third-order valence-corrected chi connectivity index (χ3v) is 4.21. The first-order chi connectivity index (χ1) is 12.1. The highest BCUT2D eigenvalue weighted by Gasteiger charge is 2.28. The zero-order valence-corrected chi connectivity index (χ0v) is 14.5. The largest absolute Gasteiger partial charge is 0.478 e. The minimum absolute atomic E-state index is 0.165. The number of nitrogens with zero attached hydrogens (tertiary/aromatic N) is 3. The lowest BCUT2D eigenvalue weighted by Crippen LogP contribution is -2.50. The molecule has 0 unspecified atom stereocenters. The molecule has 2 aromatic heterocycles. The van der Waals surface area contributed by atoms with Gasteiger partial charge in [0.15, 0.2) is 11.5 Å². The molecule has 132 valence electrons. The maximum Gasteiger partial charge on any atom is 0.289 e. The Bertz CT molecular complexity index is 755. The van der Waals surface area contributed by atoms with E-state index in [9.17, 15) is 9.59 Å². The molecule has 3 rings (SSSR count). The van der Waals surface area contributed by atoms with E-state index in [0.29, 0.717) is 44.4 Å². The average Bonchev–Trinajstić information content (AvgIpc) is 3.17. The Hall–Kier alpha value is -2.54. The second kappa shape index (κ2) is 7.57. The first-order valence-electron chi connectivity index (χ1n) is 8.01. The van der Waals surface area contributed by atoms with Crippen LogP contribution < -0.4 is 4.74 Å². The van der Waals surface area contributed by atoms with Gasteiger partial charge in [-0.1, -0.05) is 11.6 Å². The van der Waals surface area contributed by atoms with Gasteiger partial charge in [-0.05, 0) is 25.1 Å². The highest BCUT2D eigenvalue weighted by molar-refractivity contribution is 6.33. The second-order valence-electron chi connectivity index (χ2n) is 5.47. The van der Waals surface area contributed by atoms with Crippen molar-refractivity contribution in [3.8, 4) is 5.88 Å². The molecule has 1 aliphatic heterocycles. The fourth-order valence-electron chi connectivity index (χ4n) is 2.62. The van der Waals surface area contributed by atoms with Crippen LogP contribution in [-0.4, -0.2) is 59.4 Å². The van der Waals surface area contributed by atoms with Gasteiger partial charge in [0.2, 0.25) is 5.88 Å². The normalized spacial score (nSPS) is 14.5. The van der Waals surface area contributed by atoms with Crippen molar-refractivity contribution in [1.82, 2.24) is 14.8 Å². The molecule has 8 heteroatoms. The van der Waals surface area contributed by atoms with E-state index in [1.54, 1.807) is 34.1 Å². The molecule has 2 amide bonds. The van der Waals surface area contributed by atoms with Crippen LogP contribution >= 0.6 is 11.6 Å². The number of furan rings is 1. The smallest absolute Gasteiger partial charge is 0.289 e. The zero-order chi connectivity index (χ0) is 17.8. The monoisotopic (exact) mass is 363 g/mol. The van der Waals surface area contributed by atoms with Gasteiger partial charge in [-0.25, -0.2) is 4.98 Å².